The number of nitrogens with one attached hydrogen (secondary N) is 1. The molecule has 136 valence electrons. The second kappa shape index (κ2) is 7.29. The number of nitrogens with zero attached hydrogens (tertiary/aromatic N) is 4. The van der Waals surface area contributed by atoms with Crippen molar-refractivity contribution in [1.29, 1.82) is 0 Å². The van der Waals surface area contributed by atoms with Crippen molar-refractivity contribution in [3.8, 4) is 17.1 Å². The van der Waals surface area contributed by atoms with Crippen LogP contribution in [0, 0.1) is 5.92 Å². The van der Waals surface area contributed by atoms with E-state index in [4.69, 9.17) is 9.47 Å². The van der Waals surface area contributed by atoms with Crippen molar-refractivity contribution in [1.82, 2.24) is 20.2 Å². The van der Waals surface area contributed by atoms with E-state index in [9.17, 15) is 0 Å². The van der Waals surface area contributed by atoms with Crippen LogP contribution in [0.15, 0.2) is 30.6 Å². The van der Waals surface area contributed by atoms with Gasteiger partial charge in [-0.2, -0.15) is 5.10 Å². The molecule has 1 N–H and O–H groups in total. The van der Waals surface area contributed by atoms with Gasteiger partial charge in [-0.3, -0.25) is 5.10 Å². The lowest BCUT2D eigenvalue weighted by Crippen LogP contribution is -2.36. The summed E-state index contributed by atoms with van der Waals surface area (Å²) in [5.74, 6) is 1.98. The maximum absolute atomic E-state index is 5.93. The Morgan fingerprint density at radius 3 is 2.81 bits per heavy atom. The molecule has 7 nitrogen and oxygen atoms in total. The van der Waals surface area contributed by atoms with Crippen LogP contribution in [0.4, 0.5) is 5.82 Å². The third-order valence-electron chi connectivity index (χ3n) is 4.35. The van der Waals surface area contributed by atoms with E-state index in [2.05, 4.69) is 45.0 Å². The second-order valence-electron chi connectivity index (χ2n) is 6.82. The molecule has 4 rings (SSSR count). The molecule has 0 aromatic carbocycles. The summed E-state index contributed by atoms with van der Waals surface area (Å²) in [5.41, 5.74) is 2.75. The Kier molecular flexibility index (Phi) is 4.71. The van der Waals surface area contributed by atoms with Crippen LogP contribution in [-0.2, 0) is 4.74 Å². The number of aromatic nitrogens is 4. The molecule has 3 aromatic heterocycles. The third kappa shape index (κ3) is 3.35. The Morgan fingerprint density at radius 1 is 1.19 bits per heavy atom. The molecule has 26 heavy (non-hydrogen) atoms. The molecule has 0 radical (unpaired) electrons. The van der Waals surface area contributed by atoms with Gasteiger partial charge in [0.2, 0.25) is 5.88 Å². The normalized spacial score (nSPS) is 15.0. The van der Waals surface area contributed by atoms with Gasteiger partial charge in [0.05, 0.1) is 30.7 Å². The Hall–Kier alpha value is -2.67. The first-order valence-corrected chi connectivity index (χ1v) is 8.97. The van der Waals surface area contributed by atoms with Crippen molar-refractivity contribution in [2.24, 2.45) is 5.92 Å². The SMILES string of the molecule is CC(C)COc1nccc2[nH]nc(-c3ccnc(N4CCOCC4)c3)c12. The quantitative estimate of drug-likeness (QED) is 0.760. The number of aromatic amines is 1. The van der Waals surface area contributed by atoms with Gasteiger partial charge in [-0.05, 0) is 24.1 Å². The molecule has 1 aliphatic heterocycles. The highest BCUT2D eigenvalue weighted by Gasteiger charge is 2.17. The number of hydrogen-bond acceptors (Lipinski definition) is 6. The Bertz CT molecular complexity index is 887. The largest absolute Gasteiger partial charge is 0.477 e. The summed E-state index contributed by atoms with van der Waals surface area (Å²) in [4.78, 5) is 11.2. The maximum atomic E-state index is 5.93. The van der Waals surface area contributed by atoms with Crippen LogP contribution in [0.2, 0.25) is 0 Å². The first kappa shape index (κ1) is 16.8. The van der Waals surface area contributed by atoms with E-state index < -0.39 is 0 Å². The molecule has 0 unspecified atom stereocenters. The fraction of sp³-hybridized carbons (Fsp3) is 0.421. The molecule has 0 aliphatic carbocycles. The summed E-state index contributed by atoms with van der Waals surface area (Å²) < 4.78 is 11.4. The van der Waals surface area contributed by atoms with E-state index in [-0.39, 0.29) is 0 Å². The average Bonchev–Trinajstić information content (AvgIpc) is 3.12. The zero-order chi connectivity index (χ0) is 17.9. The van der Waals surface area contributed by atoms with E-state index >= 15 is 0 Å². The third-order valence-corrected chi connectivity index (χ3v) is 4.35. The van der Waals surface area contributed by atoms with Crippen LogP contribution in [0.3, 0.4) is 0 Å². The Balaban J connectivity index is 1.72. The smallest absolute Gasteiger partial charge is 0.225 e. The second-order valence-corrected chi connectivity index (χ2v) is 6.82. The van der Waals surface area contributed by atoms with Gasteiger partial charge >= 0.3 is 0 Å². The fourth-order valence-corrected chi connectivity index (χ4v) is 3.03. The molecular weight excluding hydrogens is 330 g/mol. The molecule has 3 aromatic rings. The molecule has 0 saturated carbocycles. The molecule has 1 saturated heterocycles. The Labute approximate surface area is 152 Å². The van der Waals surface area contributed by atoms with Gasteiger partial charge in [0.25, 0.3) is 0 Å². The lowest BCUT2D eigenvalue weighted by molar-refractivity contribution is 0.122. The standard InChI is InChI=1S/C19H23N5O2/c1-13(2)12-26-19-17-15(4-6-21-19)22-23-18(17)14-3-5-20-16(11-14)24-7-9-25-10-8-24/h3-6,11,13H,7-10,12H2,1-2H3,(H,22,23). The molecule has 0 atom stereocenters. The van der Waals surface area contributed by atoms with Gasteiger partial charge in [-0.15, -0.1) is 0 Å². The highest BCUT2D eigenvalue weighted by molar-refractivity contribution is 5.96. The molecule has 7 heteroatoms. The van der Waals surface area contributed by atoms with Crippen LogP contribution in [0.5, 0.6) is 5.88 Å². The first-order chi connectivity index (χ1) is 12.7. The van der Waals surface area contributed by atoms with E-state index in [1.54, 1.807) is 6.20 Å². The fourth-order valence-electron chi connectivity index (χ4n) is 3.03. The van der Waals surface area contributed by atoms with Gasteiger partial charge in [0.15, 0.2) is 0 Å². The van der Waals surface area contributed by atoms with Crippen LogP contribution in [-0.4, -0.2) is 53.1 Å². The summed E-state index contributed by atoms with van der Waals surface area (Å²) in [5, 5.41) is 8.52. The van der Waals surface area contributed by atoms with Crippen molar-refractivity contribution < 1.29 is 9.47 Å². The lowest BCUT2D eigenvalue weighted by atomic mass is 10.1. The molecular formula is C19H23N5O2. The number of ether oxygens (including phenoxy) is 2. The van der Waals surface area contributed by atoms with E-state index in [0.717, 1.165) is 54.3 Å². The van der Waals surface area contributed by atoms with Gasteiger partial charge in [0, 0.05) is 31.0 Å². The summed E-state index contributed by atoms with van der Waals surface area (Å²) in [7, 11) is 0. The molecule has 0 spiro atoms. The van der Waals surface area contributed by atoms with Crippen LogP contribution >= 0.6 is 0 Å². The summed E-state index contributed by atoms with van der Waals surface area (Å²) in [6.45, 7) is 8.01. The zero-order valence-corrected chi connectivity index (χ0v) is 15.1. The predicted octanol–water partition coefficient (Wildman–Crippen LogP) is 2.89. The minimum Gasteiger partial charge on any atom is -0.477 e. The van der Waals surface area contributed by atoms with E-state index in [0.29, 0.717) is 18.4 Å². The molecule has 4 heterocycles. The van der Waals surface area contributed by atoms with Crippen molar-refractivity contribution >= 4 is 16.7 Å². The first-order valence-electron chi connectivity index (χ1n) is 8.97. The van der Waals surface area contributed by atoms with Crippen LogP contribution in [0.1, 0.15) is 13.8 Å². The summed E-state index contributed by atoms with van der Waals surface area (Å²) >= 11 is 0. The zero-order valence-electron chi connectivity index (χ0n) is 15.1. The lowest BCUT2D eigenvalue weighted by Gasteiger charge is -2.27. The highest BCUT2D eigenvalue weighted by Crippen LogP contribution is 2.33. The van der Waals surface area contributed by atoms with Gasteiger partial charge in [-0.1, -0.05) is 13.8 Å². The monoisotopic (exact) mass is 353 g/mol. The number of anilines is 1. The van der Waals surface area contributed by atoms with E-state index in [1.165, 1.54) is 0 Å². The van der Waals surface area contributed by atoms with Gasteiger partial charge < -0.3 is 14.4 Å². The summed E-state index contributed by atoms with van der Waals surface area (Å²) in [6.07, 6.45) is 3.57. The van der Waals surface area contributed by atoms with Crippen LogP contribution in [0.25, 0.3) is 22.2 Å². The van der Waals surface area contributed by atoms with E-state index in [1.807, 2.05) is 18.3 Å². The van der Waals surface area contributed by atoms with Crippen molar-refractivity contribution in [2.45, 2.75) is 13.8 Å². The minimum absolute atomic E-state index is 0.427. The number of rotatable bonds is 5. The number of H-pyrrole nitrogens is 1. The van der Waals surface area contributed by atoms with Crippen molar-refractivity contribution in [3.63, 3.8) is 0 Å². The molecule has 1 fully saturated rings. The summed E-state index contributed by atoms with van der Waals surface area (Å²) in [6, 6.07) is 5.96. The number of morpholine rings is 1. The maximum Gasteiger partial charge on any atom is 0.225 e. The average molecular weight is 353 g/mol. The minimum atomic E-state index is 0.427. The number of fused-ring (bicyclic) bond motifs is 1. The van der Waals surface area contributed by atoms with Crippen LogP contribution < -0.4 is 9.64 Å². The predicted molar refractivity (Wildman–Crippen MR) is 100 cm³/mol. The van der Waals surface area contributed by atoms with Gasteiger partial charge in [0.1, 0.15) is 11.5 Å². The molecule has 1 aliphatic rings. The highest BCUT2D eigenvalue weighted by atomic mass is 16.5. The number of pyridine rings is 2. The Morgan fingerprint density at radius 2 is 2.00 bits per heavy atom. The van der Waals surface area contributed by atoms with Gasteiger partial charge in [-0.25, -0.2) is 9.97 Å². The molecule has 0 bridgehead atoms. The van der Waals surface area contributed by atoms with Crippen molar-refractivity contribution in [3.05, 3.63) is 30.6 Å². The molecule has 0 amide bonds. The topological polar surface area (TPSA) is 76.2 Å². The van der Waals surface area contributed by atoms with Crippen molar-refractivity contribution in [2.75, 3.05) is 37.8 Å². The number of hydrogen-bond donors (Lipinski definition) is 1.